The number of likely N-dealkylation sites (tertiary alicyclic amines) is 1. The van der Waals surface area contributed by atoms with Gasteiger partial charge >= 0.3 is 0 Å². The molecule has 2 rings (SSSR count). The number of aromatic nitrogens is 2. The summed E-state index contributed by atoms with van der Waals surface area (Å²) in [7, 11) is 0. The summed E-state index contributed by atoms with van der Waals surface area (Å²) >= 11 is 0. The SMILES string of the molecule is C[C@H](NC(=O)[C@H](CCCCN)NC(=O)[C@H](Cc1cnc[nH]1)NC(=O)[C@@H]1CCCN1C(=O)/C(CCCN)=N/C(=O)CNC(=O)[C@@H](NC(=O)C[C@@H](O)CN)[C@@H](O)CN)C(=O)N[C@@H](CCCCN)C(=O)NCCCCN. The van der Waals surface area contributed by atoms with Gasteiger partial charge in [-0.05, 0) is 110 Å². The summed E-state index contributed by atoms with van der Waals surface area (Å²) in [5.74, 6) is -6.84. The van der Waals surface area contributed by atoms with E-state index in [0.717, 1.165) is 0 Å². The minimum absolute atomic E-state index is 0.0706. The van der Waals surface area contributed by atoms with Gasteiger partial charge in [-0.2, -0.15) is 0 Å². The molecule has 1 saturated heterocycles. The second-order valence-electron chi connectivity index (χ2n) is 17.7. The van der Waals surface area contributed by atoms with Gasteiger partial charge in [0.2, 0.25) is 41.4 Å². The van der Waals surface area contributed by atoms with Gasteiger partial charge in [0.25, 0.3) is 11.8 Å². The van der Waals surface area contributed by atoms with Gasteiger partial charge in [-0.25, -0.2) is 9.98 Å². The van der Waals surface area contributed by atoms with E-state index in [1.54, 1.807) is 0 Å². The van der Waals surface area contributed by atoms with Gasteiger partial charge in [0, 0.05) is 44.5 Å². The van der Waals surface area contributed by atoms with E-state index in [4.69, 9.17) is 34.4 Å². The number of unbranched alkanes of at least 4 members (excludes halogenated alkanes) is 3. The molecule has 1 aliphatic heterocycles. The van der Waals surface area contributed by atoms with Gasteiger partial charge in [-0.3, -0.25) is 43.2 Å². The Bertz CT molecular complexity index is 1940. The molecule has 0 radical (unpaired) electrons. The molecule has 0 spiro atoms. The van der Waals surface area contributed by atoms with Crippen molar-refractivity contribution in [2.24, 2.45) is 39.4 Å². The third-order valence-corrected chi connectivity index (χ3v) is 11.7. The Labute approximate surface area is 425 Å². The predicted octanol–water partition coefficient (Wildman–Crippen LogP) is -6.65. The molecule has 22 N–H and O–H groups in total. The molecule has 9 amide bonds. The van der Waals surface area contributed by atoms with Crippen LogP contribution in [0.25, 0.3) is 0 Å². The quantitative estimate of drug-likeness (QED) is 0.0219. The van der Waals surface area contributed by atoms with Crippen LogP contribution in [0, 0.1) is 0 Å². The molecule has 2 heterocycles. The molecule has 0 saturated carbocycles. The number of nitrogens with one attached hydrogen (secondary N) is 8. The van der Waals surface area contributed by atoms with Gasteiger partial charge in [0.1, 0.15) is 42.0 Å². The summed E-state index contributed by atoms with van der Waals surface area (Å²) in [4.78, 5) is 133. The minimum Gasteiger partial charge on any atom is -0.391 e. The van der Waals surface area contributed by atoms with Crippen molar-refractivity contribution in [3.63, 3.8) is 0 Å². The average Bonchev–Trinajstić information content (AvgIpc) is 4.09. The third kappa shape index (κ3) is 23.2. The minimum atomic E-state index is -1.61. The number of nitrogens with zero attached hydrogens (tertiary/aromatic N) is 3. The Morgan fingerprint density at radius 1 is 0.726 bits per heavy atom. The lowest BCUT2D eigenvalue weighted by atomic mass is 10.0. The number of hydrogen-bond donors (Lipinski definition) is 16. The number of imidazole rings is 1. The highest BCUT2D eigenvalue weighted by Crippen LogP contribution is 2.20. The zero-order valence-electron chi connectivity index (χ0n) is 41.9. The van der Waals surface area contributed by atoms with Crippen molar-refractivity contribution in [2.45, 2.75) is 145 Å². The van der Waals surface area contributed by atoms with E-state index in [2.05, 4.69) is 52.2 Å². The second-order valence-corrected chi connectivity index (χ2v) is 17.7. The molecule has 1 aromatic heterocycles. The monoisotopic (exact) mass is 1040 g/mol. The first-order valence-corrected chi connectivity index (χ1v) is 25.0. The van der Waals surface area contributed by atoms with Crippen molar-refractivity contribution in [1.82, 2.24) is 52.1 Å². The molecule has 28 nitrogen and oxygen atoms in total. The Balaban J connectivity index is 2.29. The molecule has 412 valence electrons. The number of hydrogen-bond acceptors (Lipinski definition) is 18. The zero-order valence-corrected chi connectivity index (χ0v) is 41.9. The van der Waals surface area contributed by atoms with Crippen molar-refractivity contribution >= 4 is 58.9 Å². The Morgan fingerprint density at radius 2 is 1.34 bits per heavy atom. The van der Waals surface area contributed by atoms with Crippen molar-refractivity contribution in [3.05, 3.63) is 18.2 Å². The maximum absolute atomic E-state index is 14.2. The lowest BCUT2D eigenvalue weighted by Gasteiger charge is -2.28. The molecule has 1 aromatic rings. The fourth-order valence-electron chi connectivity index (χ4n) is 7.56. The summed E-state index contributed by atoms with van der Waals surface area (Å²) < 4.78 is 0. The van der Waals surface area contributed by atoms with Crippen LogP contribution in [0.5, 0.6) is 0 Å². The molecule has 28 heteroatoms. The van der Waals surface area contributed by atoms with E-state index in [0.29, 0.717) is 83.2 Å². The second kappa shape index (κ2) is 35.2. The smallest absolute Gasteiger partial charge is 0.269 e. The molecule has 0 bridgehead atoms. The lowest BCUT2D eigenvalue weighted by molar-refractivity contribution is -0.137. The summed E-state index contributed by atoms with van der Waals surface area (Å²) in [6.45, 7) is 1.68. The highest BCUT2D eigenvalue weighted by atomic mass is 16.3. The molecule has 1 aliphatic rings. The Kier molecular flexibility index (Phi) is 30.4. The fourth-order valence-corrected chi connectivity index (χ4v) is 7.56. The maximum Gasteiger partial charge on any atom is 0.269 e. The first kappa shape index (κ1) is 63.1. The number of aliphatic hydroxyl groups is 2. The van der Waals surface area contributed by atoms with E-state index >= 15 is 0 Å². The van der Waals surface area contributed by atoms with Crippen molar-refractivity contribution in [3.8, 4) is 0 Å². The van der Waals surface area contributed by atoms with Crippen LogP contribution in [0.3, 0.4) is 0 Å². The van der Waals surface area contributed by atoms with Crippen molar-refractivity contribution in [1.29, 1.82) is 0 Å². The standard InChI is InChI=1S/C45H81N17O11/c1-27(39(67)58-30(10-2-4-14-46)40(68)53-18-7-6-16-48)56-41(69)31(11-3-5-15-47)59-42(70)33(20-28-24-52-26-55-28)60-43(71)34-13-9-19-62(34)45(73)32(12-8-17-49)57-37(66)25-54-44(72)38(35(64)23-51)61-36(65)21-29(63)22-50/h24,26-27,29-31,33-35,38,63-64H,2-23,25,46-51H2,1H3,(H,52,55)(H,53,68)(H,54,72)(H,56,69)(H,58,67)(H,59,70)(H,60,71)(H,61,65)/b57-32+/t27-,29+,30-,31-,33-,34-,35-,38-/m0/s1. The van der Waals surface area contributed by atoms with Crippen LogP contribution in [0.2, 0.25) is 0 Å². The van der Waals surface area contributed by atoms with Crippen molar-refractivity contribution in [2.75, 3.05) is 58.9 Å². The number of carbonyl (C=O) groups excluding carboxylic acids is 9. The number of aromatic amines is 1. The summed E-state index contributed by atoms with van der Waals surface area (Å²) in [5, 5.41) is 38.1. The average molecular weight is 1040 g/mol. The number of amides is 9. The zero-order chi connectivity index (χ0) is 54.3. The molecule has 8 atom stereocenters. The van der Waals surface area contributed by atoms with E-state index in [9.17, 15) is 53.4 Å². The lowest BCUT2D eigenvalue weighted by Crippen LogP contribution is -2.59. The predicted molar refractivity (Wildman–Crippen MR) is 268 cm³/mol. The normalized spacial score (nSPS) is 16.4. The molecule has 0 unspecified atom stereocenters. The molecule has 1 fully saturated rings. The van der Waals surface area contributed by atoms with Crippen LogP contribution in [0.4, 0.5) is 0 Å². The van der Waals surface area contributed by atoms with E-state index < -0.39 is 115 Å². The molecule has 73 heavy (non-hydrogen) atoms. The van der Waals surface area contributed by atoms with Crippen LogP contribution in [0.1, 0.15) is 96.1 Å². The number of aliphatic hydroxyl groups excluding tert-OH is 2. The number of H-pyrrole nitrogens is 1. The highest BCUT2D eigenvalue weighted by molar-refractivity contribution is 6.40. The number of nitrogens with two attached hydrogens (primary N) is 6. The van der Waals surface area contributed by atoms with Crippen LogP contribution >= 0.6 is 0 Å². The fraction of sp³-hybridized carbons (Fsp3) is 0.711. The van der Waals surface area contributed by atoms with Gasteiger partial charge in [-0.15, -0.1) is 0 Å². The highest BCUT2D eigenvalue weighted by Gasteiger charge is 2.39. The van der Waals surface area contributed by atoms with Crippen LogP contribution in [-0.2, 0) is 49.6 Å². The van der Waals surface area contributed by atoms with E-state index in [-0.39, 0.29) is 63.4 Å². The van der Waals surface area contributed by atoms with Crippen LogP contribution in [0.15, 0.2) is 17.5 Å². The Hall–Kier alpha value is -6.01. The van der Waals surface area contributed by atoms with Gasteiger partial charge in [0.05, 0.1) is 31.5 Å². The van der Waals surface area contributed by atoms with Gasteiger partial charge in [-0.1, -0.05) is 0 Å². The van der Waals surface area contributed by atoms with E-state index in [1.165, 1.54) is 24.3 Å². The Morgan fingerprint density at radius 3 is 1.95 bits per heavy atom. The van der Waals surface area contributed by atoms with Gasteiger partial charge in [0.15, 0.2) is 0 Å². The maximum atomic E-state index is 14.2. The summed E-state index contributed by atoms with van der Waals surface area (Å²) in [6, 6.07) is -7.34. The van der Waals surface area contributed by atoms with E-state index in [1.807, 2.05) is 0 Å². The topological polar surface area (TPSA) is 479 Å². The summed E-state index contributed by atoms with van der Waals surface area (Å²) in [6.07, 6.45) is 3.93. The van der Waals surface area contributed by atoms with Gasteiger partial charge < -0.3 is 91.7 Å². The number of aliphatic imine (C=N–C) groups is 1. The largest absolute Gasteiger partial charge is 0.391 e. The number of rotatable bonds is 36. The molecular weight excluding hydrogens is 955 g/mol. The first-order valence-electron chi connectivity index (χ1n) is 25.0. The van der Waals surface area contributed by atoms with Crippen molar-refractivity contribution < 1.29 is 53.4 Å². The van der Waals surface area contributed by atoms with Crippen LogP contribution < -0.4 is 71.6 Å². The molecular formula is C45H81N17O11. The van der Waals surface area contributed by atoms with Crippen LogP contribution in [-0.4, -0.2) is 191 Å². The number of carbonyl (C=O) groups is 9. The molecule has 0 aliphatic carbocycles. The first-order chi connectivity index (χ1) is 34.9. The molecule has 0 aromatic carbocycles. The third-order valence-electron chi connectivity index (χ3n) is 11.7. The summed E-state index contributed by atoms with van der Waals surface area (Å²) in [5.41, 5.74) is 33.7.